The number of likely N-dealkylation sites (N-methyl/N-ethyl adjacent to an activating group) is 1. The molecule has 0 N–H and O–H groups in total. The largest absolute Gasteiger partial charge is 0.320 e. The molecule has 2 saturated heterocycles. The first kappa shape index (κ1) is 7.58. The molecule has 2 heterocycles. The standard InChI is InChI=1S/C8H12N2O2/c1-9-5-7(11)6-3-2-4-10(6)8(9)12/h6H,2-5H2,1H3/t6-/m0/s1. The highest BCUT2D eigenvalue weighted by Gasteiger charge is 2.40. The number of hydrogen-bond donors (Lipinski definition) is 0. The van der Waals surface area contributed by atoms with Crippen LogP contribution in [0.5, 0.6) is 0 Å². The molecular weight excluding hydrogens is 156 g/mol. The fraction of sp³-hybridized carbons (Fsp3) is 0.750. The van der Waals surface area contributed by atoms with Gasteiger partial charge in [0.05, 0.1) is 12.6 Å². The summed E-state index contributed by atoms with van der Waals surface area (Å²) in [4.78, 5) is 26.0. The van der Waals surface area contributed by atoms with E-state index in [4.69, 9.17) is 0 Å². The lowest BCUT2D eigenvalue weighted by atomic mass is 10.1. The van der Waals surface area contributed by atoms with Gasteiger partial charge in [0.15, 0.2) is 5.78 Å². The fourth-order valence-electron chi connectivity index (χ4n) is 1.96. The van der Waals surface area contributed by atoms with Crippen molar-refractivity contribution < 1.29 is 9.59 Å². The molecule has 0 aromatic carbocycles. The number of urea groups is 1. The summed E-state index contributed by atoms with van der Waals surface area (Å²) in [6.45, 7) is 1.04. The topological polar surface area (TPSA) is 40.6 Å². The maximum absolute atomic E-state index is 11.5. The Morgan fingerprint density at radius 3 is 2.92 bits per heavy atom. The van der Waals surface area contributed by atoms with Crippen molar-refractivity contribution in [3.05, 3.63) is 0 Å². The second-order valence-corrected chi connectivity index (χ2v) is 3.46. The first-order valence-electron chi connectivity index (χ1n) is 4.24. The maximum atomic E-state index is 11.5. The molecule has 0 bridgehead atoms. The van der Waals surface area contributed by atoms with Crippen molar-refractivity contribution in [2.45, 2.75) is 18.9 Å². The number of carbonyl (C=O) groups excluding carboxylic acids is 2. The number of carbonyl (C=O) groups is 2. The van der Waals surface area contributed by atoms with E-state index in [0.29, 0.717) is 6.54 Å². The Kier molecular flexibility index (Phi) is 1.56. The zero-order valence-corrected chi connectivity index (χ0v) is 7.12. The Hall–Kier alpha value is -1.06. The summed E-state index contributed by atoms with van der Waals surface area (Å²) >= 11 is 0. The predicted molar refractivity (Wildman–Crippen MR) is 42.8 cm³/mol. The summed E-state index contributed by atoms with van der Waals surface area (Å²) in [6.07, 6.45) is 1.83. The van der Waals surface area contributed by atoms with Crippen molar-refractivity contribution in [2.24, 2.45) is 0 Å². The van der Waals surface area contributed by atoms with E-state index in [0.717, 1.165) is 19.4 Å². The van der Waals surface area contributed by atoms with Gasteiger partial charge in [0.25, 0.3) is 0 Å². The molecule has 4 heteroatoms. The molecule has 12 heavy (non-hydrogen) atoms. The normalized spacial score (nSPS) is 29.6. The van der Waals surface area contributed by atoms with Gasteiger partial charge in [-0.3, -0.25) is 4.79 Å². The van der Waals surface area contributed by atoms with E-state index in [1.165, 1.54) is 4.90 Å². The fourth-order valence-corrected chi connectivity index (χ4v) is 1.96. The first-order valence-corrected chi connectivity index (χ1v) is 4.24. The van der Waals surface area contributed by atoms with Gasteiger partial charge in [0, 0.05) is 13.6 Å². The van der Waals surface area contributed by atoms with Crippen molar-refractivity contribution in [3.63, 3.8) is 0 Å². The SMILES string of the molecule is CN1CC(=O)[C@@H]2CCCN2C1=O. The van der Waals surface area contributed by atoms with Crippen LogP contribution in [-0.2, 0) is 4.79 Å². The molecule has 2 aliphatic heterocycles. The minimum absolute atomic E-state index is 0.0112. The minimum atomic E-state index is -0.103. The lowest BCUT2D eigenvalue weighted by Gasteiger charge is -2.34. The van der Waals surface area contributed by atoms with Crippen molar-refractivity contribution in [2.75, 3.05) is 20.1 Å². The molecule has 2 rings (SSSR count). The third-order valence-electron chi connectivity index (χ3n) is 2.59. The van der Waals surface area contributed by atoms with E-state index >= 15 is 0 Å². The Bertz CT molecular complexity index is 239. The predicted octanol–water partition coefficient (Wildman–Crippen LogP) is 0.0853. The highest BCUT2D eigenvalue weighted by atomic mass is 16.2. The van der Waals surface area contributed by atoms with E-state index in [-0.39, 0.29) is 17.9 Å². The van der Waals surface area contributed by atoms with Crippen molar-refractivity contribution >= 4 is 11.8 Å². The zero-order valence-electron chi connectivity index (χ0n) is 7.12. The Labute approximate surface area is 71.1 Å². The number of ketones is 1. The van der Waals surface area contributed by atoms with Gasteiger partial charge in [0.2, 0.25) is 0 Å². The second-order valence-electron chi connectivity index (χ2n) is 3.46. The van der Waals surface area contributed by atoms with Crippen LogP contribution < -0.4 is 0 Å². The van der Waals surface area contributed by atoms with Crippen LogP contribution in [0.25, 0.3) is 0 Å². The van der Waals surface area contributed by atoms with Crippen LogP contribution >= 0.6 is 0 Å². The number of hydrogen-bond acceptors (Lipinski definition) is 2. The number of amides is 2. The minimum Gasteiger partial charge on any atom is -0.320 e. The summed E-state index contributed by atoms with van der Waals surface area (Å²) in [6, 6.07) is -0.0919. The Balaban J connectivity index is 2.23. The van der Waals surface area contributed by atoms with Crippen LogP contribution in [0.4, 0.5) is 4.79 Å². The molecule has 1 atom stereocenters. The molecule has 4 nitrogen and oxygen atoms in total. The third kappa shape index (κ3) is 0.906. The summed E-state index contributed by atoms with van der Waals surface area (Å²) in [5, 5.41) is 0. The number of rotatable bonds is 0. The molecule has 2 aliphatic rings. The summed E-state index contributed by atoms with van der Waals surface area (Å²) < 4.78 is 0. The van der Waals surface area contributed by atoms with Crippen LogP contribution in [0.3, 0.4) is 0 Å². The van der Waals surface area contributed by atoms with Crippen LogP contribution in [0.1, 0.15) is 12.8 Å². The lowest BCUT2D eigenvalue weighted by Crippen LogP contribution is -2.55. The Morgan fingerprint density at radius 2 is 2.17 bits per heavy atom. The molecule has 0 radical (unpaired) electrons. The van der Waals surface area contributed by atoms with Gasteiger partial charge in [-0.05, 0) is 12.8 Å². The van der Waals surface area contributed by atoms with Gasteiger partial charge in [0.1, 0.15) is 0 Å². The second kappa shape index (κ2) is 2.47. The van der Waals surface area contributed by atoms with Gasteiger partial charge in [-0.25, -0.2) is 4.79 Å². The molecule has 0 saturated carbocycles. The van der Waals surface area contributed by atoms with Crippen molar-refractivity contribution in [3.8, 4) is 0 Å². The van der Waals surface area contributed by atoms with E-state index in [1.807, 2.05) is 0 Å². The number of Topliss-reactive ketones (excluding diaryl/α,β-unsaturated/α-hetero) is 1. The van der Waals surface area contributed by atoms with Gasteiger partial charge in [-0.15, -0.1) is 0 Å². The van der Waals surface area contributed by atoms with Crippen LogP contribution in [0.2, 0.25) is 0 Å². The van der Waals surface area contributed by atoms with Gasteiger partial charge in [-0.2, -0.15) is 0 Å². The average molecular weight is 168 g/mol. The highest BCUT2D eigenvalue weighted by molar-refractivity contribution is 5.96. The molecular formula is C8H12N2O2. The van der Waals surface area contributed by atoms with Crippen LogP contribution in [0, 0.1) is 0 Å². The molecule has 0 aromatic rings. The van der Waals surface area contributed by atoms with Gasteiger partial charge < -0.3 is 9.80 Å². The maximum Gasteiger partial charge on any atom is 0.320 e. The summed E-state index contributed by atoms with van der Waals surface area (Å²) in [7, 11) is 1.68. The van der Waals surface area contributed by atoms with E-state index in [9.17, 15) is 9.59 Å². The smallest absolute Gasteiger partial charge is 0.320 e. The molecule has 0 aromatic heterocycles. The molecule has 66 valence electrons. The van der Waals surface area contributed by atoms with Crippen molar-refractivity contribution in [1.29, 1.82) is 0 Å². The number of fused-ring (bicyclic) bond motifs is 1. The van der Waals surface area contributed by atoms with Crippen LogP contribution in [-0.4, -0.2) is 47.8 Å². The van der Waals surface area contributed by atoms with Gasteiger partial charge >= 0.3 is 6.03 Å². The first-order chi connectivity index (χ1) is 5.70. The number of nitrogens with zero attached hydrogens (tertiary/aromatic N) is 2. The third-order valence-corrected chi connectivity index (χ3v) is 2.59. The molecule has 2 fully saturated rings. The molecule has 0 spiro atoms. The quantitative estimate of drug-likeness (QED) is 0.514. The van der Waals surface area contributed by atoms with Crippen molar-refractivity contribution in [1.82, 2.24) is 9.80 Å². The summed E-state index contributed by atoms with van der Waals surface area (Å²) in [5.74, 6) is 0.189. The zero-order chi connectivity index (χ0) is 8.72. The average Bonchev–Trinajstić information content (AvgIpc) is 2.48. The van der Waals surface area contributed by atoms with E-state index < -0.39 is 0 Å². The van der Waals surface area contributed by atoms with Gasteiger partial charge in [-0.1, -0.05) is 0 Å². The van der Waals surface area contributed by atoms with Crippen LogP contribution in [0.15, 0.2) is 0 Å². The Morgan fingerprint density at radius 1 is 1.42 bits per heavy atom. The monoisotopic (exact) mass is 168 g/mol. The lowest BCUT2D eigenvalue weighted by molar-refractivity contribution is -0.125. The highest BCUT2D eigenvalue weighted by Crippen LogP contribution is 2.22. The van der Waals surface area contributed by atoms with E-state index in [1.54, 1.807) is 11.9 Å². The molecule has 0 aliphatic carbocycles. The molecule has 0 unspecified atom stereocenters. The van der Waals surface area contributed by atoms with E-state index in [2.05, 4.69) is 0 Å². The summed E-state index contributed by atoms with van der Waals surface area (Å²) in [5.41, 5.74) is 0. The molecule has 2 amide bonds.